The summed E-state index contributed by atoms with van der Waals surface area (Å²) in [5.41, 5.74) is 1.89. The Morgan fingerprint density at radius 1 is 1.33 bits per heavy atom. The third-order valence-corrected chi connectivity index (χ3v) is 1.94. The van der Waals surface area contributed by atoms with Crippen molar-refractivity contribution in [3.8, 4) is 6.07 Å². The van der Waals surface area contributed by atoms with Gasteiger partial charge >= 0.3 is 0 Å². The second-order valence-corrected chi connectivity index (χ2v) is 3.37. The highest BCUT2D eigenvalue weighted by molar-refractivity contribution is 5.79. The molecule has 0 aliphatic heterocycles. The molecule has 6 N–H and O–H groups in total. The SMILES string of the molecule is N#CCC(=O)N/N=C\C(O)C(O)C(O)C(O)CO. The quantitative estimate of drug-likeness (QED) is 0.203. The average Bonchev–Trinajstić information content (AvgIpc) is 2.36. The number of hydrogen-bond acceptors (Lipinski definition) is 8. The number of aliphatic hydroxyl groups is 5. The van der Waals surface area contributed by atoms with E-state index in [2.05, 4.69) is 5.10 Å². The molecule has 0 aromatic rings. The molecule has 0 bridgehead atoms. The number of aliphatic hydroxyl groups excluding tert-OH is 5. The van der Waals surface area contributed by atoms with E-state index in [9.17, 15) is 20.1 Å². The molecule has 0 rings (SSSR count). The van der Waals surface area contributed by atoms with Crippen LogP contribution in [0.5, 0.6) is 0 Å². The minimum atomic E-state index is -1.79. The maximum Gasteiger partial charge on any atom is 0.254 e. The van der Waals surface area contributed by atoms with E-state index < -0.39 is 43.4 Å². The third kappa shape index (κ3) is 5.67. The van der Waals surface area contributed by atoms with Gasteiger partial charge in [-0.25, -0.2) is 5.43 Å². The van der Waals surface area contributed by atoms with Gasteiger partial charge in [-0.1, -0.05) is 0 Å². The predicted molar refractivity (Wildman–Crippen MR) is 58.0 cm³/mol. The molecule has 0 spiro atoms. The van der Waals surface area contributed by atoms with Crippen molar-refractivity contribution in [3.05, 3.63) is 0 Å². The van der Waals surface area contributed by atoms with Gasteiger partial charge in [-0.3, -0.25) is 4.79 Å². The molecule has 0 aliphatic carbocycles. The number of nitriles is 1. The number of rotatable bonds is 7. The highest BCUT2D eigenvalue weighted by Crippen LogP contribution is 2.03. The maximum atomic E-state index is 10.8. The highest BCUT2D eigenvalue weighted by Gasteiger charge is 2.29. The number of amides is 1. The van der Waals surface area contributed by atoms with Crippen molar-refractivity contribution < 1.29 is 30.3 Å². The number of nitrogens with one attached hydrogen (secondary N) is 1. The summed E-state index contributed by atoms with van der Waals surface area (Å²) in [6, 6.07) is 1.57. The van der Waals surface area contributed by atoms with E-state index >= 15 is 0 Å². The van der Waals surface area contributed by atoms with Crippen LogP contribution in [0.1, 0.15) is 6.42 Å². The molecule has 4 unspecified atom stereocenters. The molecule has 0 aromatic carbocycles. The molecule has 9 heteroatoms. The Kier molecular flexibility index (Phi) is 7.77. The molecular weight excluding hydrogens is 246 g/mol. The molecule has 18 heavy (non-hydrogen) atoms. The molecule has 0 radical (unpaired) electrons. The predicted octanol–water partition coefficient (Wildman–Crippen LogP) is -3.56. The Bertz CT molecular complexity index is 329. The molecule has 0 fully saturated rings. The van der Waals surface area contributed by atoms with Gasteiger partial charge in [0.25, 0.3) is 5.91 Å². The van der Waals surface area contributed by atoms with Crippen LogP contribution in [0.2, 0.25) is 0 Å². The minimum Gasteiger partial charge on any atom is -0.394 e. The molecular formula is C9H15N3O6. The van der Waals surface area contributed by atoms with Crippen molar-refractivity contribution >= 4 is 12.1 Å². The van der Waals surface area contributed by atoms with Crippen LogP contribution >= 0.6 is 0 Å². The van der Waals surface area contributed by atoms with Gasteiger partial charge in [0.05, 0.1) is 18.9 Å². The third-order valence-electron chi connectivity index (χ3n) is 1.94. The van der Waals surface area contributed by atoms with Crippen LogP contribution in [0.4, 0.5) is 0 Å². The minimum absolute atomic E-state index is 0.415. The Morgan fingerprint density at radius 2 is 1.94 bits per heavy atom. The molecule has 0 heterocycles. The zero-order valence-corrected chi connectivity index (χ0v) is 9.34. The largest absolute Gasteiger partial charge is 0.394 e. The summed E-state index contributed by atoms with van der Waals surface area (Å²) < 4.78 is 0. The van der Waals surface area contributed by atoms with Gasteiger partial charge in [-0.15, -0.1) is 0 Å². The Hall–Kier alpha value is -1.57. The second-order valence-electron chi connectivity index (χ2n) is 3.37. The number of carbonyl (C=O) groups is 1. The smallest absolute Gasteiger partial charge is 0.254 e. The number of nitrogens with zero attached hydrogens (tertiary/aromatic N) is 2. The lowest BCUT2D eigenvalue weighted by atomic mass is 10.0. The summed E-state index contributed by atoms with van der Waals surface area (Å²) in [7, 11) is 0. The van der Waals surface area contributed by atoms with Crippen molar-refractivity contribution in [2.45, 2.75) is 30.8 Å². The first kappa shape index (κ1) is 16.4. The lowest BCUT2D eigenvalue weighted by Gasteiger charge is -2.23. The molecule has 0 saturated heterocycles. The zero-order chi connectivity index (χ0) is 14.1. The number of hydrazone groups is 1. The molecule has 1 amide bonds. The van der Waals surface area contributed by atoms with Crippen LogP contribution in [0.3, 0.4) is 0 Å². The van der Waals surface area contributed by atoms with Gasteiger partial charge in [0.2, 0.25) is 0 Å². The van der Waals surface area contributed by atoms with Gasteiger partial charge in [0.15, 0.2) is 0 Å². The molecule has 0 aliphatic rings. The van der Waals surface area contributed by atoms with Crippen LogP contribution in [0, 0.1) is 11.3 Å². The van der Waals surface area contributed by atoms with E-state index in [0.29, 0.717) is 6.21 Å². The topological polar surface area (TPSA) is 166 Å². The monoisotopic (exact) mass is 261 g/mol. The first-order chi connectivity index (χ1) is 8.43. The standard InChI is InChI=1S/C9H15N3O6/c10-2-1-7(16)12-11-3-5(14)8(17)9(18)6(15)4-13/h3,5-6,8-9,13-15,17-18H,1,4H2,(H,12,16)/b11-3-. The summed E-state index contributed by atoms with van der Waals surface area (Å²) in [6.07, 6.45) is -6.54. The summed E-state index contributed by atoms with van der Waals surface area (Å²) in [6.45, 7) is -0.791. The first-order valence-corrected chi connectivity index (χ1v) is 4.96. The van der Waals surface area contributed by atoms with Crippen LogP contribution in [-0.4, -0.2) is 68.7 Å². The van der Waals surface area contributed by atoms with Crippen LogP contribution in [0.25, 0.3) is 0 Å². The molecule has 9 nitrogen and oxygen atoms in total. The molecule has 102 valence electrons. The van der Waals surface area contributed by atoms with Crippen LogP contribution < -0.4 is 5.43 Å². The lowest BCUT2D eigenvalue weighted by Crippen LogP contribution is -2.46. The lowest BCUT2D eigenvalue weighted by molar-refractivity contribution is -0.120. The Morgan fingerprint density at radius 3 is 2.44 bits per heavy atom. The van der Waals surface area contributed by atoms with Crippen LogP contribution in [-0.2, 0) is 4.79 Å². The van der Waals surface area contributed by atoms with E-state index in [-0.39, 0.29) is 0 Å². The summed E-state index contributed by atoms with van der Waals surface area (Å²) >= 11 is 0. The number of hydrogen-bond donors (Lipinski definition) is 6. The van der Waals surface area contributed by atoms with E-state index in [1.54, 1.807) is 6.07 Å². The zero-order valence-electron chi connectivity index (χ0n) is 9.34. The van der Waals surface area contributed by atoms with Crippen molar-refractivity contribution in [2.75, 3.05) is 6.61 Å². The van der Waals surface area contributed by atoms with Gasteiger partial charge in [0, 0.05) is 0 Å². The average molecular weight is 261 g/mol. The Labute approximate surface area is 103 Å². The van der Waals surface area contributed by atoms with Crippen molar-refractivity contribution in [1.82, 2.24) is 5.43 Å². The van der Waals surface area contributed by atoms with Gasteiger partial charge < -0.3 is 25.5 Å². The van der Waals surface area contributed by atoms with Gasteiger partial charge in [-0.2, -0.15) is 10.4 Å². The fraction of sp³-hybridized carbons (Fsp3) is 0.667. The maximum absolute atomic E-state index is 10.8. The summed E-state index contributed by atoms with van der Waals surface area (Å²) in [5, 5.41) is 56.8. The van der Waals surface area contributed by atoms with E-state index in [1.807, 2.05) is 5.43 Å². The first-order valence-electron chi connectivity index (χ1n) is 4.96. The van der Waals surface area contributed by atoms with Gasteiger partial charge in [0.1, 0.15) is 30.8 Å². The Balaban J connectivity index is 4.23. The normalized spacial score (nSPS) is 17.8. The van der Waals surface area contributed by atoms with Crippen molar-refractivity contribution in [3.63, 3.8) is 0 Å². The van der Waals surface area contributed by atoms with Crippen molar-refractivity contribution in [2.24, 2.45) is 5.10 Å². The molecule has 4 atom stereocenters. The molecule has 0 saturated carbocycles. The fourth-order valence-electron chi connectivity index (χ4n) is 0.923. The highest BCUT2D eigenvalue weighted by atomic mass is 16.4. The number of carbonyl (C=O) groups excluding carboxylic acids is 1. The molecule has 0 aromatic heterocycles. The second kappa shape index (κ2) is 8.51. The van der Waals surface area contributed by atoms with E-state index in [0.717, 1.165) is 0 Å². The summed E-state index contributed by atoms with van der Waals surface area (Å²) in [5.74, 6) is -0.702. The van der Waals surface area contributed by atoms with E-state index in [1.165, 1.54) is 0 Å². The van der Waals surface area contributed by atoms with Crippen LogP contribution in [0.15, 0.2) is 5.10 Å². The van der Waals surface area contributed by atoms with Crippen molar-refractivity contribution in [1.29, 1.82) is 5.26 Å². The van der Waals surface area contributed by atoms with Gasteiger partial charge in [-0.05, 0) is 0 Å². The van der Waals surface area contributed by atoms with E-state index in [4.69, 9.17) is 15.5 Å². The fourth-order valence-corrected chi connectivity index (χ4v) is 0.923. The summed E-state index contributed by atoms with van der Waals surface area (Å²) in [4.78, 5) is 10.8.